The molecule has 126 valence electrons. The van der Waals surface area contributed by atoms with Crippen LogP contribution in [0.2, 0.25) is 10.0 Å². The smallest absolute Gasteiger partial charge is 0.303 e. The maximum atomic E-state index is 10.8. The van der Waals surface area contributed by atoms with Gasteiger partial charge in [0, 0.05) is 24.5 Å². The Morgan fingerprint density at radius 3 is 2.61 bits per heavy atom. The molecule has 0 aliphatic heterocycles. The van der Waals surface area contributed by atoms with E-state index >= 15 is 0 Å². The average molecular weight is 362 g/mol. The lowest BCUT2D eigenvalue weighted by molar-refractivity contribution is -0.425. The Morgan fingerprint density at radius 1 is 1.35 bits per heavy atom. The van der Waals surface area contributed by atoms with E-state index in [9.17, 15) is 14.9 Å². The Morgan fingerprint density at radius 2 is 2.04 bits per heavy atom. The summed E-state index contributed by atoms with van der Waals surface area (Å²) in [5, 5.41) is 19.7. The number of hydrogen-bond acceptors (Lipinski definition) is 4. The number of rotatable bonds is 9. The molecule has 1 rings (SSSR count). The van der Waals surface area contributed by atoms with Crippen LogP contribution in [0.3, 0.4) is 0 Å². The summed E-state index contributed by atoms with van der Waals surface area (Å²) in [6.45, 7) is 1.99. The maximum Gasteiger partial charge on any atom is 0.303 e. The molecule has 0 heterocycles. The number of ether oxygens (including phenoxy) is 1. The van der Waals surface area contributed by atoms with Crippen LogP contribution < -0.4 is 4.74 Å². The first-order valence-corrected chi connectivity index (χ1v) is 7.80. The highest BCUT2D eigenvalue weighted by atomic mass is 35.5. The zero-order chi connectivity index (χ0) is 17.4. The van der Waals surface area contributed by atoms with Crippen molar-refractivity contribution in [3.05, 3.63) is 43.6 Å². The van der Waals surface area contributed by atoms with E-state index in [1.54, 1.807) is 19.1 Å². The number of nitrogens with zero attached hydrogens (tertiary/aromatic N) is 1. The summed E-state index contributed by atoms with van der Waals surface area (Å²) in [6.07, 6.45) is 2.81. The zero-order valence-corrected chi connectivity index (χ0v) is 14.1. The van der Waals surface area contributed by atoms with Gasteiger partial charge in [0.25, 0.3) is 0 Å². The minimum absolute atomic E-state index is 0.0327. The SMILES string of the molecule is CC/C(=C\c1ccc(OCCCCC(=O)O)c(Cl)c1Cl)[N+](=O)[O-]. The number of unbranched alkanes of at least 4 members (excludes halogenated alkanes) is 1. The summed E-state index contributed by atoms with van der Waals surface area (Å²) in [5.74, 6) is -0.483. The van der Waals surface area contributed by atoms with Gasteiger partial charge in [0.1, 0.15) is 10.8 Å². The van der Waals surface area contributed by atoms with Crippen molar-refractivity contribution in [1.29, 1.82) is 0 Å². The first-order valence-electron chi connectivity index (χ1n) is 7.04. The quantitative estimate of drug-likeness (QED) is 0.392. The molecule has 0 saturated heterocycles. The molecule has 0 spiro atoms. The van der Waals surface area contributed by atoms with Gasteiger partial charge in [-0.1, -0.05) is 30.1 Å². The van der Waals surface area contributed by atoms with Crippen molar-refractivity contribution in [2.24, 2.45) is 0 Å². The van der Waals surface area contributed by atoms with Gasteiger partial charge in [-0.3, -0.25) is 14.9 Å². The normalized spacial score (nSPS) is 11.3. The van der Waals surface area contributed by atoms with Gasteiger partial charge in [0.15, 0.2) is 0 Å². The minimum atomic E-state index is -0.847. The topological polar surface area (TPSA) is 89.7 Å². The minimum Gasteiger partial charge on any atom is -0.492 e. The first-order chi connectivity index (χ1) is 10.9. The third kappa shape index (κ3) is 6.08. The maximum absolute atomic E-state index is 10.8. The zero-order valence-electron chi connectivity index (χ0n) is 12.6. The van der Waals surface area contributed by atoms with Crippen LogP contribution in [0.1, 0.15) is 38.2 Å². The van der Waals surface area contributed by atoms with Crippen molar-refractivity contribution in [2.75, 3.05) is 6.61 Å². The van der Waals surface area contributed by atoms with Gasteiger partial charge in [-0.2, -0.15) is 0 Å². The van der Waals surface area contributed by atoms with Gasteiger partial charge in [-0.05, 0) is 25.0 Å². The summed E-state index contributed by atoms with van der Waals surface area (Å²) >= 11 is 12.2. The van der Waals surface area contributed by atoms with E-state index < -0.39 is 10.9 Å². The molecule has 0 atom stereocenters. The van der Waals surface area contributed by atoms with Gasteiger partial charge >= 0.3 is 5.97 Å². The predicted octanol–water partition coefficient (Wildman–Crippen LogP) is 4.65. The third-order valence-corrected chi connectivity index (χ3v) is 3.92. The fraction of sp³-hybridized carbons (Fsp3) is 0.400. The lowest BCUT2D eigenvalue weighted by Gasteiger charge is -2.10. The molecule has 0 bridgehead atoms. The van der Waals surface area contributed by atoms with Crippen LogP contribution in [0.25, 0.3) is 6.08 Å². The van der Waals surface area contributed by atoms with Gasteiger partial charge in [0.05, 0.1) is 16.6 Å². The second-order valence-electron chi connectivity index (χ2n) is 4.73. The molecule has 0 aliphatic carbocycles. The Labute approximate surface area is 143 Å². The van der Waals surface area contributed by atoms with Crippen LogP contribution in [0.4, 0.5) is 0 Å². The summed E-state index contributed by atoms with van der Waals surface area (Å²) in [6, 6.07) is 3.18. The molecular weight excluding hydrogens is 345 g/mol. The Bertz CT molecular complexity index is 616. The second-order valence-corrected chi connectivity index (χ2v) is 5.48. The Hall–Kier alpha value is -1.79. The molecule has 0 unspecified atom stereocenters. The second kappa shape index (κ2) is 9.37. The molecule has 0 amide bonds. The largest absolute Gasteiger partial charge is 0.492 e. The van der Waals surface area contributed by atoms with Crippen LogP contribution in [-0.2, 0) is 4.79 Å². The standard InChI is InChI=1S/C15H17Cl2NO5/c1-2-11(18(21)22)9-10-6-7-12(15(17)14(10)16)23-8-4-3-5-13(19)20/h6-7,9H,2-5,8H2,1H3,(H,19,20)/b11-9+. The molecule has 8 heteroatoms. The van der Waals surface area contributed by atoms with Gasteiger partial charge < -0.3 is 9.84 Å². The summed E-state index contributed by atoms with van der Waals surface area (Å²) in [7, 11) is 0. The molecule has 0 aromatic heterocycles. The van der Waals surface area contributed by atoms with E-state index in [4.69, 9.17) is 33.0 Å². The van der Waals surface area contributed by atoms with E-state index in [-0.39, 0.29) is 28.6 Å². The average Bonchev–Trinajstić information content (AvgIpc) is 2.49. The van der Waals surface area contributed by atoms with Crippen LogP contribution in [0, 0.1) is 10.1 Å². The van der Waals surface area contributed by atoms with E-state index in [2.05, 4.69) is 0 Å². The highest BCUT2D eigenvalue weighted by Gasteiger charge is 2.14. The number of allylic oxidation sites excluding steroid dienone is 1. The van der Waals surface area contributed by atoms with E-state index in [0.29, 0.717) is 30.8 Å². The summed E-state index contributed by atoms with van der Waals surface area (Å²) in [5.41, 5.74) is 0.480. The molecule has 6 nitrogen and oxygen atoms in total. The molecule has 0 aliphatic rings. The fourth-order valence-corrected chi connectivity index (χ4v) is 2.23. The van der Waals surface area contributed by atoms with E-state index in [1.165, 1.54) is 6.08 Å². The van der Waals surface area contributed by atoms with Crippen molar-refractivity contribution >= 4 is 35.2 Å². The van der Waals surface area contributed by atoms with Crippen molar-refractivity contribution in [1.82, 2.24) is 0 Å². The third-order valence-electron chi connectivity index (χ3n) is 3.04. The van der Waals surface area contributed by atoms with E-state index in [0.717, 1.165) is 0 Å². The first kappa shape index (κ1) is 19.3. The highest BCUT2D eigenvalue weighted by molar-refractivity contribution is 6.43. The number of benzene rings is 1. The monoisotopic (exact) mass is 361 g/mol. The van der Waals surface area contributed by atoms with Crippen molar-refractivity contribution in [3.63, 3.8) is 0 Å². The Balaban J connectivity index is 2.78. The number of hydrogen-bond donors (Lipinski definition) is 1. The molecule has 0 radical (unpaired) electrons. The lowest BCUT2D eigenvalue weighted by Crippen LogP contribution is -2.01. The van der Waals surface area contributed by atoms with Crippen LogP contribution in [-0.4, -0.2) is 22.6 Å². The van der Waals surface area contributed by atoms with Gasteiger partial charge in [-0.25, -0.2) is 0 Å². The number of nitro groups is 1. The summed E-state index contributed by atoms with van der Waals surface area (Å²) < 4.78 is 5.47. The molecule has 0 saturated carbocycles. The predicted molar refractivity (Wildman–Crippen MR) is 88.7 cm³/mol. The number of halogens is 2. The van der Waals surface area contributed by atoms with Crippen LogP contribution in [0.15, 0.2) is 17.8 Å². The summed E-state index contributed by atoms with van der Waals surface area (Å²) in [4.78, 5) is 20.8. The molecule has 0 fully saturated rings. The molecule has 1 N–H and O–H groups in total. The molecular formula is C15H17Cl2NO5. The van der Waals surface area contributed by atoms with Crippen molar-refractivity contribution in [2.45, 2.75) is 32.6 Å². The lowest BCUT2D eigenvalue weighted by atomic mass is 10.1. The van der Waals surface area contributed by atoms with E-state index in [1.807, 2.05) is 0 Å². The number of aliphatic carboxylic acids is 1. The van der Waals surface area contributed by atoms with Crippen LogP contribution in [0.5, 0.6) is 5.75 Å². The fourth-order valence-electron chi connectivity index (χ4n) is 1.79. The highest BCUT2D eigenvalue weighted by Crippen LogP contribution is 2.36. The van der Waals surface area contributed by atoms with Crippen LogP contribution >= 0.6 is 23.2 Å². The number of carboxylic acid groups (broad SMARTS) is 1. The van der Waals surface area contributed by atoms with Crippen molar-refractivity contribution < 1.29 is 19.6 Å². The molecule has 1 aromatic carbocycles. The molecule has 1 aromatic rings. The van der Waals surface area contributed by atoms with Crippen molar-refractivity contribution in [3.8, 4) is 5.75 Å². The van der Waals surface area contributed by atoms with Gasteiger partial charge in [0.2, 0.25) is 5.70 Å². The number of carbonyl (C=O) groups is 1. The number of carboxylic acids is 1. The Kier molecular flexibility index (Phi) is 7.85. The molecule has 23 heavy (non-hydrogen) atoms. The van der Waals surface area contributed by atoms with Gasteiger partial charge in [-0.15, -0.1) is 0 Å².